The molecule has 5 heteroatoms. The largest absolute Gasteiger partial charge is 0.468 e. The van der Waals surface area contributed by atoms with Crippen LogP contribution in [0.3, 0.4) is 0 Å². The van der Waals surface area contributed by atoms with Crippen LogP contribution in [0.4, 0.5) is 51.2 Å². The van der Waals surface area contributed by atoms with Gasteiger partial charge in [-0.3, -0.25) is 0 Å². The molecule has 4 nitrogen and oxygen atoms in total. The summed E-state index contributed by atoms with van der Waals surface area (Å²) in [6.45, 7) is 36.2. The maximum Gasteiger partial charge on any atom is 0.297 e. The molecule has 0 saturated carbocycles. The van der Waals surface area contributed by atoms with Gasteiger partial charge in [0, 0.05) is 45.2 Å². The molecule has 0 unspecified atom stereocenters. The summed E-state index contributed by atoms with van der Waals surface area (Å²) in [5.41, 5.74) is 25.1. The van der Waals surface area contributed by atoms with Crippen LogP contribution in [-0.2, 0) is 37.9 Å². The molecule has 0 fully saturated rings. The number of para-hydroxylation sites is 2. The van der Waals surface area contributed by atoms with E-state index >= 15 is 0 Å². The van der Waals surface area contributed by atoms with E-state index in [2.05, 4.69) is 258 Å². The Hall–Kier alpha value is -6.46. The Morgan fingerprint density at radius 3 is 1.42 bits per heavy atom. The van der Waals surface area contributed by atoms with Crippen molar-refractivity contribution in [3.05, 3.63) is 178 Å². The summed E-state index contributed by atoms with van der Waals surface area (Å²) >= 11 is 0. The first-order valence-electron chi connectivity index (χ1n) is 27.5. The van der Waals surface area contributed by atoms with Gasteiger partial charge >= 0.3 is 0 Å². The summed E-state index contributed by atoms with van der Waals surface area (Å²) in [5, 5.41) is 1.16. The van der Waals surface area contributed by atoms with Crippen molar-refractivity contribution in [3.63, 3.8) is 0 Å². The zero-order valence-electron chi connectivity index (χ0n) is 46.7. The maximum absolute atomic E-state index is 7.59. The molecule has 1 aromatic heterocycles. The summed E-state index contributed by atoms with van der Waals surface area (Å²) < 4.78 is 7.59. The Balaban J connectivity index is 1.20. The molecule has 0 amide bonds. The lowest BCUT2D eigenvalue weighted by Crippen LogP contribution is -2.61. The van der Waals surface area contributed by atoms with Crippen LogP contribution in [0.15, 0.2) is 144 Å². The number of hydrogen-bond donors (Lipinski definition) is 0. The molecule has 8 aromatic rings. The minimum Gasteiger partial charge on any atom is -0.468 e. The maximum atomic E-state index is 7.59. The second kappa shape index (κ2) is 15.1. The van der Waals surface area contributed by atoms with Crippen LogP contribution in [-0.4, -0.2) is 6.71 Å². The van der Waals surface area contributed by atoms with Crippen molar-refractivity contribution in [2.45, 2.75) is 161 Å². The number of anilines is 9. The number of rotatable bonds is 5. The second-order valence-electron chi connectivity index (χ2n) is 28.0. The summed E-state index contributed by atoms with van der Waals surface area (Å²) in [5.74, 6) is 0. The van der Waals surface area contributed by atoms with Gasteiger partial charge < -0.3 is 19.1 Å². The normalized spacial score (nSPS) is 19.4. The van der Waals surface area contributed by atoms with Gasteiger partial charge in [-0.05, 0) is 186 Å². The van der Waals surface area contributed by atoms with Crippen molar-refractivity contribution >= 4 is 85.5 Å². The van der Waals surface area contributed by atoms with E-state index in [0.717, 1.165) is 58.6 Å². The Morgan fingerprint density at radius 1 is 0.446 bits per heavy atom. The van der Waals surface area contributed by atoms with Crippen LogP contribution in [0.1, 0.15) is 162 Å². The van der Waals surface area contributed by atoms with E-state index in [1.54, 1.807) is 0 Å². The van der Waals surface area contributed by atoms with E-state index in [-0.39, 0.29) is 44.6 Å². The molecular weight excluding hydrogens is 898 g/mol. The predicted molar refractivity (Wildman–Crippen MR) is 316 cm³/mol. The third-order valence-corrected chi connectivity index (χ3v) is 18.5. The van der Waals surface area contributed by atoms with Crippen LogP contribution in [0, 0.1) is 0 Å². The third-order valence-electron chi connectivity index (χ3n) is 18.5. The molecule has 7 aromatic carbocycles. The number of fused-ring (bicyclic) bond motifs is 9. The highest BCUT2D eigenvalue weighted by Crippen LogP contribution is 2.57. The van der Waals surface area contributed by atoms with Gasteiger partial charge in [-0.25, -0.2) is 0 Å². The molecule has 374 valence electrons. The molecule has 0 spiro atoms. The molecule has 5 aliphatic rings. The van der Waals surface area contributed by atoms with Gasteiger partial charge in [0.25, 0.3) is 6.71 Å². The van der Waals surface area contributed by atoms with E-state index in [9.17, 15) is 0 Å². The van der Waals surface area contributed by atoms with Crippen LogP contribution in [0.5, 0.6) is 0 Å². The SMILES string of the molecule is CC(C)(C)c1ccc2oc3c(c2c1)N(c1ccc2c(c1)C(C)(C)CC2(C)C)c1cc(N(c2ccccc2)c2ccccc2)cc2c1B3c1cc3c(cc1N2c1ccc2c(c1)C(C)(C)CC2(C)C)C(C)(C)CC3(C)C. The number of hydrogen-bond acceptors (Lipinski definition) is 4. The monoisotopic (exact) mass is 972 g/mol. The lowest BCUT2D eigenvalue weighted by atomic mass is 9.35. The zero-order chi connectivity index (χ0) is 52.0. The molecule has 0 N–H and O–H groups in total. The summed E-state index contributed by atoms with van der Waals surface area (Å²) in [6.07, 6.45) is 3.29. The Kier molecular flexibility index (Phi) is 9.65. The van der Waals surface area contributed by atoms with Crippen molar-refractivity contribution in [3.8, 4) is 0 Å². The highest BCUT2D eigenvalue weighted by molar-refractivity contribution is 7.00. The minimum atomic E-state index is -0.182. The fourth-order valence-corrected chi connectivity index (χ4v) is 15.9. The molecule has 0 radical (unpaired) electrons. The smallest absolute Gasteiger partial charge is 0.297 e. The van der Waals surface area contributed by atoms with E-state index in [1.807, 2.05) is 0 Å². The Bertz CT molecular complexity index is 3620. The Labute approximate surface area is 441 Å². The van der Waals surface area contributed by atoms with Crippen molar-refractivity contribution in [2.75, 3.05) is 14.7 Å². The van der Waals surface area contributed by atoms with Crippen molar-refractivity contribution in [2.24, 2.45) is 0 Å². The average molecular weight is 972 g/mol. The van der Waals surface area contributed by atoms with Gasteiger partial charge in [0.1, 0.15) is 5.58 Å². The van der Waals surface area contributed by atoms with E-state index in [4.69, 9.17) is 4.42 Å². The van der Waals surface area contributed by atoms with Crippen LogP contribution >= 0.6 is 0 Å². The first kappa shape index (κ1) is 47.3. The first-order chi connectivity index (χ1) is 34.8. The fourth-order valence-electron chi connectivity index (χ4n) is 15.9. The van der Waals surface area contributed by atoms with Gasteiger partial charge in [0.05, 0.1) is 17.0 Å². The zero-order valence-corrected chi connectivity index (χ0v) is 46.7. The van der Waals surface area contributed by atoms with Crippen LogP contribution < -0.4 is 31.3 Å². The van der Waals surface area contributed by atoms with E-state index < -0.39 is 0 Å². The van der Waals surface area contributed by atoms with Gasteiger partial charge in [-0.15, -0.1) is 0 Å². The minimum absolute atomic E-state index is 0.000828. The van der Waals surface area contributed by atoms with Gasteiger partial charge in [-0.1, -0.05) is 165 Å². The lowest BCUT2D eigenvalue weighted by Gasteiger charge is -2.44. The summed E-state index contributed by atoms with van der Waals surface area (Å²) in [7, 11) is 0. The molecule has 0 atom stereocenters. The van der Waals surface area contributed by atoms with Crippen molar-refractivity contribution < 1.29 is 4.42 Å². The highest BCUT2D eigenvalue weighted by atomic mass is 16.3. The topological polar surface area (TPSA) is 22.9 Å². The fraction of sp³-hybridized carbons (Fsp3) is 0.362. The number of benzene rings is 7. The second-order valence-corrected chi connectivity index (χ2v) is 28.0. The van der Waals surface area contributed by atoms with Crippen LogP contribution in [0.25, 0.3) is 11.0 Å². The van der Waals surface area contributed by atoms with Gasteiger partial charge in [-0.2, -0.15) is 0 Å². The molecule has 2 aliphatic heterocycles. The molecule has 3 heterocycles. The third kappa shape index (κ3) is 6.79. The molecular formula is C69H74BN3O. The predicted octanol–water partition coefficient (Wildman–Crippen LogP) is 17.2. The molecule has 74 heavy (non-hydrogen) atoms. The molecule has 0 saturated heterocycles. The first-order valence-corrected chi connectivity index (χ1v) is 27.5. The standard InChI is InChI=1S/C69H74BN3O/c1-63(2,3)42-26-31-59-48(32-42)61-62(74-59)70-55-37-53-54(69(14,15)41-68(53,12)13)38-56(55)72(45-27-29-49-51(33-45)66(8,9)39-64(49,4)5)57-35-47(71(43-22-18-16-19-23-43)44-24-20-17-21-25-44)36-58(60(57)70)73(61)46-28-30-50-52(34-46)67(10,11)40-65(50,6)7/h16-38H,39-41H2,1-15H3. The van der Waals surface area contributed by atoms with E-state index in [1.165, 1.54) is 78.3 Å². The average Bonchev–Trinajstić information content (AvgIpc) is 3.93. The summed E-state index contributed by atoms with van der Waals surface area (Å²) in [6, 6.07) is 54.1. The van der Waals surface area contributed by atoms with E-state index in [0.29, 0.717) is 0 Å². The molecule has 0 bridgehead atoms. The van der Waals surface area contributed by atoms with Crippen LogP contribution in [0.2, 0.25) is 0 Å². The van der Waals surface area contributed by atoms with Crippen molar-refractivity contribution in [1.82, 2.24) is 0 Å². The quantitative estimate of drug-likeness (QED) is 0.160. The lowest BCUT2D eigenvalue weighted by molar-refractivity contribution is 0.402. The van der Waals surface area contributed by atoms with Crippen molar-refractivity contribution in [1.29, 1.82) is 0 Å². The molecule has 13 rings (SSSR count). The highest BCUT2D eigenvalue weighted by Gasteiger charge is 2.52. The Morgan fingerprint density at radius 2 is 0.905 bits per heavy atom. The molecule has 3 aliphatic carbocycles. The number of nitrogens with zero attached hydrogens (tertiary/aromatic N) is 3. The number of furan rings is 1. The van der Waals surface area contributed by atoms with Gasteiger partial charge in [0.15, 0.2) is 0 Å². The summed E-state index contributed by atoms with van der Waals surface area (Å²) in [4.78, 5) is 7.76. The van der Waals surface area contributed by atoms with Gasteiger partial charge in [0.2, 0.25) is 0 Å².